The average Bonchev–Trinajstić information content (AvgIpc) is 3.10. The van der Waals surface area contributed by atoms with E-state index in [0.29, 0.717) is 36.7 Å². The fraction of sp³-hybridized carbons (Fsp3) is 0.462. The molecule has 0 radical (unpaired) electrons. The fourth-order valence-electron chi connectivity index (χ4n) is 2.61. The van der Waals surface area contributed by atoms with E-state index < -0.39 is 22.0 Å². The van der Waals surface area contributed by atoms with E-state index in [4.69, 9.17) is 0 Å². The van der Waals surface area contributed by atoms with Gasteiger partial charge in [0, 0.05) is 11.4 Å². The maximum Gasteiger partial charge on any atom is 0.338 e. The number of rotatable bonds is 5. The molecule has 24 heavy (non-hydrogen) atoms. The predicted octanol–water partition coefficient (Wildman–Crippen LogP) is 0.558. The van der Waals surface area contributed by atoms with Gasteiger partial charge in [0.1, 0.15) is 10.0 Å². The second kappa shape index (κ2) is 6.24. The minimum Gasteiger partial charge on any atom is -0.478 e. The first-order valence-corrected chi connectivity index (χ1v) is 9.59. The maximum atomic E-state index is 12.7. The van der Waals surface area contributed by atoms with Crippen molar-refractivity contribution in [2.75, 3.05) is 6.54 Å². The minimum absolute atomic E-state index is 0.123. The number of sulfonamides is 1. The molecule has 2 aromatic heterocycles. The molecule has 1 aliphatic heterocycles. The lowest BCUT2D eigenvalue weighted by Crippen LogP contribution is -2.28. The van der Waals surface area contributed by atoms with E-state index in [0.717, 1.165) is 16.2 Å². The van der Waals surface area contributed by atoms with Crippen LogP contribution < -0.4 is 10.0 Å². The normalized spacial score (nSPS) is 15.9. The Hall–Kier alpha value is -1.82. The first-order valence-electron chi connectivity index (χ1n) is 7.29. The molecule has 11 heteroatoms. The number of aryl methyl sites for hydroxylation is 1. The molecule has 0 saturated heterocycles. The van der Waals surface area contributed by atoms with Crippen LogP contribution in [0.5, 0.6) is 0 Å². The monoisotopic (exact) mass is 371 g/mol. The molecular formula is C13H17N5O4S2. The predicted molar refractivity (Wildman–Crippen MR) is 86.5 cm³/mol. The number of carbonyl (C=O) groups is 1. The number of H-pyrrole nitrogens is 1. The van der Waals surface area contributed by atoms with Gasteiger partial charge in [-0.3, -0.25) is 5.10 Å². The molecule has 0 unspecified atom stereocenters. The largest absolute Gasteiger partial charge is 0.478 e. The summed E-state index contributed by atoms with van der Waals surface area (Å²) in [5.41, 5.74) is 0.482. The Morgan fingerprint density at radius 2 is 2.21 bits per heavy atom. The smallest absolute Gasteiger partial charge is 0.338 e. The molecule has 1 aliphatic rings. The third-order valence-corrected chi connectivity index (χ3v) is 6.98. The Labute approximate surface area is 142 Å². The molecule has 2 aromatic rings. The number of carboxylic acids is 1. The van der Waals surface area contributed by atoms with Crippen molar-refractivity contribution in [1.82, 2.24) is 25.2 Å². The number of hydrogen-bond acceptors (Lipinski definition) is 7. The van der Waals surface area contributed by atoms with E-state index in [1.807, 2.05) is 0 Å². The first-order chi connectivity index (χ1) is 11.3. The van der Waals surface area contributed by atoms with Crippen LogP contribution in [0, 0.1) is 6.92 Å². The zero-order valence-corrected chi connectivity index (χ0v) is 14.7. The van der Waals surface area contributed by atoms with E-state index in [9.17, 15) is 18.3 Å². The van der Waals surface area contributed by atoms with E-state index in [1.54, 1.807) is 13.8 Å². The number of nitrogens with zero attached hydrogens (tertiary/aromatic N) is 2. The summed E-state index contributed by atoms with van der Waals surface area (Å²) in [6.45, 7) is 4.42. The first kappa shape index (κ1) is 17.0. The summed E-state index contributed by atoms with van der Waals surface area (Å²) < 4.78 is 27.7. The van der Waals surface area contributed by atoms with Crippen molar-refractivity contribution in [2.24, 2.45) is 0 Å². The quantitative estimate of drug-likeness (QED) is 0.602. The molecule has 3 heterocycles. The highest BCUT2D eigenvalue weighted by Gasteiger charge is 2.33. The van der Waals surface area contributed by atoms with Gasteiger partial charge >= 0.3 is 5.97 Å². The molecular weight excluding hydrogens is 354 g/mol. The van der Waals surface area contributed by atoms with Crippen LogP contribution in [-0.4, -0.2) is 41.2 Å². The van der Waals surface area contributed by atoms with Gasteiger partial charge < -0.3 is 10.4 Å². The lowest BCUT2D eigenvalue weighted by Gasteiger charge is -2.13. The van der Waals surface area contributed by atoms with Crippen LogP contribution in [0.2, 0.25) is 0 Å². The standard InChI is InChI=1S/C13H17N5O4S2/c1-6(11-15-7(2)16-17-11)18-24(21,22)13-10(12(19)20)8-3-4-14-5-9(8)23-13/h6,14,18H,3-5H2,1-2H3,(H,19,20)(H,15,16,17)/t6-/m1/s1. The van der Waals surface area contributed by atoms with Crippen molar-refractivity contribution >= 4 is 27.3 Å². The summed E-state index contributed by atoms with van der Waals surface area (Å²) in [5, 5.41) is 19.2. The van der Waals surface area contributed by atoms with Crippen LogP contribution in [0.4, 0.5) is 0 Å². The molecule has 130 valence electrons. The van der Waals surface area contributed by atoms with Crippen molar-refractivity contribution in [3.05, 3.63) is 27.7 Å². The Morgan fingerprint density at radius 3 is 2.83 bits per heavy atom. The van der Waals surface area contributed by atoms with Crippen molar-refractivity contribution in [3.63, 3.8) is 0 Å². The molecule has 0 spiro atoms. The van der Waals surface area contributed by atoms with Gasteiger partial charge in [-0.15, -0.1) is 11.3 Å². The van der Waals surface area contributed by atoms with Gasteiger partial charge in [-0.2, -0.15) is 9.82 Å². The van der Waals surface area contributed by atoms with Crippen LogP contribution in [0.25, 0.3) is 0 Å². The molecule has 0 saturated carbocycles. The lowest BCUT2D eigenvalue weighted by atomic mass is 10.1. The summed E-state index contributed by atoms with van der Waals surface area (Å²) >= 11 is 0.997. The Kier molecular flexibility index (Phi) is 4.42. The van der Waals surface area contributed by atoms with Gasteiger partial charge in [0.25, 0.3) is 10.0 Å². The van der Waals surface area contributed by atoms with Crippen LogP contribution in [0.1, 0.15) is 45.4 Å². The third-order valence-electron chi connectivity index (χ3n) is 3.69. The van der Waals surface area contributed by atoms with Gasteiger partial charge in [-0.25, -0.2) is 18.2 Å². The van der Waals surface area contributed by atoms with Gasteiger partial charge in [0.2, 0.25) is 0 Å². The summed E-state index contributed by atoms with van der Waals surface area (Å²) in [6, 6.07) is -0.682. The number of carboxylic acid groups (broad SMARTS) is 1. The molecule has 0 bridgehead atoms. The minimum atomic E-state index is -4.00. The van der Waals surface area contributed by atoms with Crippen LogP contribution >= 0.6 is 11.3 Å². The Morgan fingerprint density at radius 1 is 1.46 bits per heavy atom. The number of nitrogens with one attached hydrogen (secondary N) is 3. The number of aromatic carboxylic acids is 1. The number of hydrogen-bond donors (Lipinski definition) is 4. The summed E-state index contributed by atoms with van der Waals surface area (Å²) in [4.78, 5) is 16.5. The second-order valence-corrected chi connectivity index (χ2v) is 8.53. The van der Waals surface area contributed by atoms with Crippen LogP contribution in [0.15, 0.2) is 4.21 Å². The molecule has 4 N–H and O–H groups in total. The zero-order chi connectivity index (χ0) is 17.5. The van der Waals surface area contributed by atoms with E-state index in [1.165, 1.54) is 0 Å². The van der Waals surface area contributed by atoms with Gasteiger partial charge in [0.15, 0.2) is 5.82 Å². The van der Waals surface area contributed by atoms with Crippen LogP contribution in [0.3, 0.4) is 0 Å². The Balaban J connectivity index is 1.97. The molecule has 1 atom stereocenters. The topological polar surface area (TPSA) is 137 Å². The van der Waals surface area contributed by atoms with Crippen molar-refractivity contribution in [2.45, 2.75) is 37.1 Å². The molecule has 0 aliphatic carbocycles. The fourth-order valence-corrected chi connectivity index (χ4v) is 5.69. The second-order valence-electron chi connectivity index (χ2n) is 5.52. The molecule has 0 aromatic carbocycles. The van der Waals surface area contributed by atoms with Crippen LogP contribution in [-0.2, 0) is 23.0 Å². The number of fused-ring (bicyclic) bond motifs is 1. The summed E-state index contributed by atoms with van der Waals surface area (Å²) in [6.07, 6.45) is 0.499. The number of aromatic amines is 1. The van der Waals surface area contributed by atoms with Gasteiger partial charge in [-0.05, 0) is 32.4 Å². The molecule has 3 rings (SSSR count). The van der Waals surface area contributed by atoms with Crippen molar-refractivity contribution in [3.8, 4) is 0 Å². The van der Waals surface area contributed by atoms with Crippen molar-refractivity contribution in [1.29, 1.82) is 0 Å². The zero-order valence-electron chi connectivity index (χ0n) is 13.1. The molecule has 0 fully saturated rings. The SMILES string of the molecule is Cc1nc([C@@H](C)NS(=O)(=O)c2sc3c(c2C(=O)O)CCNC3)n[nH]1. The van der Waals surface area contributed by atoms with Crippen molar-refractivity contribution < 1.29 is 18.3 Å². The highest BCUT2D eigenvalue weighted by molar-refractivity contribution is 7.91. The van der Waals surface area contributed by atoms with Gasteiger partial charge in [-0.1, -0.05) is 0 Å². The highest BCUT2D eigenvalue weighted by atomic mass is 32.2. The van der Waals surface area contributed by atoms with E-state index >= 15 is 0 Å². The number of thiophene rings is 1. The molecule has 9 nitrogen and oxygen atoms in total. The Bertz CT molecular complexity index is 886. The van der Waals surface area contributed by atoms with E-state index in [2.05, 4.69) is 25.2 Å². The lowest BCUT2D eigenvalue weighted by molar-refractivity contribution is 0.0692. The third kappa shape index (κ3) is 3.07. The maximum absolute atomic E-state index is 12.7. The number of aromatic nitrogens is 3. The average molecular weight is 371 g/mol. The summed E-state index contributed by atoms with van der Waals surface area (Å²) in [7, 11) is -4.00. The highest BCUT2D eigenvalue weighted by Crippen LogP contribution is 2.34. The van der Waals surface area contributed by atoms with E-state index in [-0.39, 0.29) is 9.77 Å². The molecule has 0 amide bonds. The van der Waals surface area contributed by atoms with Gasteiger partial charge in [0.05, 0.1) is 11.6 Å². The summed E-state index contributed by atoms with van der Waals surface area (Å²) in [5.74, 6) is -0.355.